The van der Waals surface area contributed by atoms with E-state index in [-0.39, 0.29) is 41.0 Å². The normalized spacial score (nSPS) is 21.9. The first kappa shape index (κ1) is 36.5. The van der Waals surface area contributed by atoms with E-state index >= 15 is 4.39 Å². The third kappa shape index (κ3) is 6.88. The summed E-state index contributed by atoms with van der Waals surface area (Å²) in [7, 11) is 1.42. The van der Waals surface area contributed by atoms with E-state index in [1.807, 2.05) is 48.5 Å². The van der Waals surface area contributed by atoms with Crippen molar-refractivity contribution < 1.29 is 23.8 Å². The van der Waals surface area contributed by atoms with Crippen LogP contribution in [0.25, 0.3) is 0 Å². The van der Waals surface area contributed by atoms with Gasteiger partial charge in [-0.15, -0.1) is 10.6 Å². The summed E-state index contributed by atoms with van der Waals surface area (Å²) < 4.78 is 21.4. The highest BCUT2D eigenvalue weighted by Crippen LogP contribution is 2.59. The Morgan fingerprint density at radius 2 is 1.87 bits per heavy atom. The van der Waals surface area contributed by atoms with Gasteiger partial charge in [-0.2, -0.15) is 0 Å². The molecule has 0 radical (unpaired) electrons. The van der Waals surface area contributed by atoms with Crippen LogP contribution >= 0.6 is 23.2 Å². The zero-order chi connectivity index (χ0) is 37.7. The van der Waals surface area contributed by atoms with Crippen LogP contribution in [0.1, 0.15) is 65.7 Å². The van der Waals surface area contributed by atoms with Gasteiger partial charge in [0.1, 0.15) is 11.6 Å². The number of halogens is 3. The second-order valence-electron chi connectivity index (χ2n) is 14.9. The number of nitrogens with zero attached hydrogens (tertiary/aromatic N) is 2. The Morgan fingerprint density at radius 1 is 1.08 bits per heavy atom. The maximum absolute atomic E-state index is 15.9. The lowest BCUT2D eigenvalue weighted by molar-refractivity contribution is -0.118. The maximum Gasteiger partial charge on any atom is 0.335 e. The number of ether oxygens (including phenoxy) is 1. The molecule has 1 fully saturated rings. The number of amides is 1. The molecule has 7 rings (SSSR count). The number of methoxy groups -OCH3 is 1. The van der Waals surface area contributed by atoms with E-state index in [0.29, 0.717) is 45.7 Å². The Bertz CT molecular complexity index is 2130. The molecule has 4 aromatic carbocycles. The Kier molecular flexibility index (Phi) is 9.75. The summed E-state index contributed by atoms with van der Waals surface area (Å²) in [5.74, 6) is -1.67. The average molecular weight is 761 g/mol. The number of rotatable bonds is 9. The molecule has 11 nitrogen and oxygen atoms in total. The first-order valence-electron chi connectivity index (χ1n) is 17.2. The smallest absolute Gasteiger partial charge is 0.335 e. The van der Waals surface area contributed by atoms with Crippen LogP contribution in [0.2, 0.25) is 10.0 Å². The summed E-state index contributed by atoms with van der Waals surface area (Å²) in [6.45, 7) is 7.15. The van der Waals surface area contributed by atoms with Gasteiger partial charge in [-0.3, -0.25) is 10.2 Å². The molecule has 1 amide bonds. The van der Waals surface area contributed by atoms with Gasteiger partial charge in [0.05, 0.1) is 24.4 Å². The molecule has 4 aromatic rings. The molecule has 0 unspecified atom stereocenters. The number of aromatic carboxylic acids is 1. The number of hydrazine groups is 2. The molecule has 3 heterocycles. The molecular formula is C39H40Cl2FN7O4. The van der Waals surface area contributed by atoms with E-state index in [4.69, 9.17) is 27.9 Å². The fourth-order valence-electron chi connectivity index (χ4n) is 8.09. The minimum Gasteiger partial charge on any atom is -0.495 e. The van der Waals surface area contributed by atoms with Crippen LogP contribution in [-0.2, 0) is 16.8 Å². The molecule has 53 heavy (non-hydrogen) atoms. The second-order valence-corrected chi connectivity index (χ2v) is 15.7. The lowest BCUT2D eigenvalue weighted by Gasteiger charge is -2.40. The van der Waals surface area contributed by atoms with Gasteiger partial charge in [-0.05, 0) is 71.5 Å². The lowest BCUT2D eigenvalue weighted by Crippen LogP contribution is -2.48. The number of nitrogens with one attached hydrogen (secondary N) is 5. The topological polar surface area (TPSA) is 139 Å². The standard InChI is InChI=1S/C39H40Cl2FN7O4/c1-38(2,3)18-32-39(20-49(30-14-12-24(40)17-26(30)39)19-23-10-9-21(15-28(23)42)35-45-47-48-46-35)33(25-7-5-6-8-27(25)41)34(44-32)36(50)43-29-13-11-22(37(51)52)16-31(29)53-4/h5-17,32-34,44,47-48H,18-20H2,1-4H3,(H,43,50)(H,45,46)(H,51,52)/t32-,33-,34+,39-/m0/s1. The van der Waals surface area contributed by atoms with Gasteiger partial charge in [-0.25, -0.2) is 14.7 Å². The maximum atomic E-state index is 15.9. The third-order valence-corrected chi connectivity index (χ3v) is 10.9. The zero-order valence-corrected chi connectivity index (χ0v) is 31.1. The molecule has 14 heteroatoms. The van der Waals surface area contributed by atoms with E-state index in [2.05, 4.69) is 57.9 Å². The number of amidine groups is 1. The highest BCUT2D eigenvalue weighted by molar-refractivity contribution is 6.31. The van der Waals surface area contributed by atoms with Gasteiger partial charge in [0.25, 0.3) is 0 Å². The monoisotopic (exact) mass is 759 g/mol. The number of carbonyl (C=O) groups excluding carboxylic acids is 1. The van der Waals surface area contributed by atoms with E-state index in [0.717, 1.165) is 16.8 Å². The van der Waals surface area contributed by atoms with Gasteiger partial charge in [0.15, 0.2) is 5.84 Å². The molecule has 0 aromatic heterocycles. The fourth-order valence-corrected chi connectivity index (χ4v) is 8.52. The van der Waals surface area contributed by atoms with E-state index in [1.54, 1.807) is 6.07 Å². The number of carbonyl (C=O) groups is 2. The molecule has 4 atom stereocenters. The molecule has 1 spiro atoms. The van der Waals surface area contributed by atoms with E-state index < -0.39 is 23.3 Å². The quantitative estimate of drug-likeness (QED) is 0.112. The molecular weight excluding hydrogens is 720 g/mol. The first-order chi connectivity index (χ1) is 25.3. The van der Waals surface area contributed by atoms with Crippen molar-refractivity contribution >= 4 is 52.3 Å². The Balaban J connectivity index is 1.35. The molecule has 6 N–H and O–H groups in total. The number of hydrazone groups is 1. The van der Waals surface area contributed by atoms with E-state index in [1.165, 1.54) is 31.4 Å². The van der Waals surface area contributed by atoms with Crippen LogP contribution in [0.4, 0.5) is 15.8 Å². The first-order valence-corrected chi connectivity index (χ1v) is 17.9. The zero-order valence-electron chi connectivity index (χ0n) is 29.6. The van der Waals surface area contributed by atoms with E-state index in [9.17, 15) is 14.7 Å². The van der Waals surface area contributed by atoms with Gasteiger partial charge in [-0.1, -0.05) is 74.3 Å². The minimum absolute atomic E-state index is 0.0283. The number of hydrogen-bond acceptors (Lipinski definition) is 9. The molecule has 276 valence electrons. The number of fused-ring (bicyclic) bond motifs is 2. The Labute approximate surface area is 316 Å². The number of anilines is 2. The van der Waals surface area contributed by atoms with Crippen LogP contribution in [-0.4, -0.2) is 48.6 Å². The summed E-state index contributed by atoms with van der Waals surface area (Å²) in [6.07, 6.45) is 0.675. The van der Waals surface area contributed by atoms with Crippen molar-refractivity contribution in [2.45, 2.75) is 57.2 Å². The molecule has 1 saturated heterocycles. The second kappa shape index (κ2) is 14.2. The highest BCUT2D eigenvalue weighted by Gasteiger charge is 2.62. The minimum atomic E-state index is -1.11. The predicted molar refractivity (Wildman–Crippen MR) is 204 cm³/mol. The van der Waals surface area contributed by atoms with Crippen LogP contribution < -0.4 is 36.8 Å². The summed E-state index contributed by atoms with van der Waals surface area (Å²) in [6, 6.07) is 21.6. The SMILES string of the molecule is COc1cc(C(=O)O)ccc1NC(=O)[C@@H]1N[C@@H](CC(C)(C)C)[C@@]2(CN(Cc3ccc(C4=NNNN4)cc3F)c3ccc(Cl)cc32)[C@H]1c1ccccc1Cl. The van der Waals surface area contributed by atoms with Crippen molar-refractivity contribution in [3.63, 3.8) is 0 Å². The van der Waals surface area contributed by atoms with Crippen LogP contribution in [0.15, 0.2) is 84.0 Å². The van der Waals surface area contributed by atoms with Crippen molar-refractivity contribution in [2.24, 2.45) is 10.5 Å². The molecule has 3 aliphatic rings. The Morgan fingerprint density at radius 3 is 2.55 bits per heavy atom. The lowest BCUT2D eigenvalue weighted by atomic mass is 9.63. The van der Waals surface area contributed by atoms with Gasteiger partial charge in [0, 0.05) is 57.3 Å². The summed E-state index contributed by atoms with van der Waals surface area (Å²) in [5, 5.41) is 21.5. The van der Waals surface area contributed by atoms with Gasteiger partial charge >= 0.3 is 5.97 Å². The van der Waals surface area contributed by atoms with Crippen LogP contribution in [0.5, 0.6) is 5.75 Å². The van der Waals surface area contributed by atoms with Crippen molar-refractivity contribution in [1.82, 2.24) is 21.8 Å². The van der Waals surface area contributed by atoms with Crippen molar-refractivity contribution in [2.75, 3.05) is 23.9 Å². The number of carboxylic acid groups (broad SMARTS) is 1. The summed E-state index contributed by atoms with van der Waals surface area (Å²) >= 11 is 13.8. The number of benzene rings is 4. The van der Waals surface area contributed by atoms with Crippen LogP contribution in [0.3, 0.4) is 0 Å². The summed E-state index contributed by atoms with van der Waals surface area (Å²) in [5.41, 5.74) is 11.2. The van der Waals surface area contributed by atoms with Crippen molar-refractivity contribution in [1.29, 1.82) is 0 Å². The number of carboxylic acids is 1. The fraction of sp³-hybridized carbons (Fsp3) is 0.308. The predicted octanol–water partition coefficient (Wildman–Crippen LogP) is 6.57. The highest BCUT2D eigenvalue weighted by atomic mass is 35.5. The molecule has 0 saturated carbocycles. The summed E-state index contributed by atoms with van der Waals surface area (Å²) in [4.78, 5) is 28.5. The largest absolute Gasteiger partial charge is 0.495 e. The molecule has 0 bridgehead atoms. The molecule has 3 aliphatic heterocycles. The average Bonchev–Trinajstić information content (AvgIpc) is 3.83. The number of hydrogen-bond donors (Lipinski definition) is 6. The van der Waals surface area contributed by atoms with Crippen LogP contribution in [0, 0.1) is 11.2 Å². The van der Waals surface area contributed by atoms with Gasteiger partial charge < -0.3 is 25.4 Å². The Hall–Kier alpha value is -4.88. The molecule has 0 aliphatic carbocycles. The third-order valence-electron chi connectivity index (χ3n) is 10.3. The van der Waals surface area contributed by atoms with Crippen molar-refractivity contribution in [3.8, 4) is 5.75 Å². The van der Waals surface area contributed by atoms with Gasteiger partial charge in [0.2, 0.25) is 5.91 Å². The van der Waals surface area contributed by atoms with Crippen molar-refractivity contribution in [3.05, 3.63) is 123 Å².